The number of nitrogens with zero attached hydrogens (tertiary/aromatic N) is 5. The predicted octanol–water partition coefficient (Wildman–Crippen LogP) is 9.87. The Labute approximate surface area is 344 Å². The Balaban J connectivity index is 0.000000389. The van der Waals surface area contributed by atoms with Crippen molar-refractivity contribution in [3.05, 3.63) is 162 Å². The van der Waals surface area contributed by atoms with Gasteiger partial charge in [-0.2, -0.15) is 10.5 Å². The van der Waals surface area contributed by atoms with Crippen LogP contribution < -0.4 is 10.9 Å². The number of carbonyl (C=O) groups excluding carboxylic acids is 2. The summed E-state index contributed by atoms with van der Waals surface area (Å²) >= 11 is 0. The third kappa shape index (κ3) is 9.55. The number of aliphatic imine (C=N–C) groups is 1. The lowest BCUT2D eigenvalue weighted by molar-refractivity contribution is -0.119. The van der Waals surface area contributed by atoms with Gasteiger partial charge >= 0.3 is 6.09 Å². The summed E-state index contributed by atoms with van der Waals surface area (Å²) < 4.78 is 5.97. The molecule has 11 nitrogen and oxygen atoms in total. The molecule has 0 aliphatic heterocycles. The minimum Gasteiger partial charge on any atom is -0.448 e. The molecule has 2 unspecified atom stereocenters. The first-order valence-corrected chi connectivity index (χ1v) is 19.6. The first-order valence-electron chi connectivity index (χ1n) is 19.6. The van der Waals surface area contributed by atoms with Crippen molar-refractivity contribution >= 4 is 24.2 Å². The van der Waals surface area contributed by atoms with Crippen molar-refractivity contribution in [1.29, 1.82) is 5.41 Å². The molecule has 7 rings (SSSR count). The zero-order valence-corrected chi connectivity index (χ0v) is 33.6. The van der Waals surface area contributed by atoms with E-state index in [4.69, 9.17) is 10.1 Å². The molecule has 0 heterocycles. The number of hydrogen-bond acceptors (Lipinski definition) is 7. The first kappa shape index (κ1) is 41.2. The van der Waals surface area contributed by atoms with E-state index >= 15 is 0 Å². The minimum atomic E-state index is -0.960. The Kier molecular flexibility index (Phi) is 13.6. The van der Waals surface area contributed by atoms with Crippen molar-refractivity contribution in [3.8, 4) is 22.3 Å². The minimum absolute atomic E-state index is 0. The van der Waals surface area contributed by atoms with Crippen molar-refractivity contribution < 1.29 is 17.2 Å². The molecule has 3 aliphatic carbocycles. The average Bonchev–Trinajstić information content (AvgIpc) is 3.99. The van der Waals surface area contributed by atoms with Gasteiger partial charge in [0.1, 0.15) is 12.4 Å². The lowest BCUT2D eigenvalue weighted by atomic mass is 9.95. The lowest BCUT2D eigenvalue weighted by Crippen LogP contribution is -2.62. The third-order valence-corrected chi connectivity index (χ3v) is 10.4. The zero-order chi connectivity index (χ0) is 41.2. The van der Waals surface area contributed by atoms with Gasteiger partial charge in [-0.15, -0.1) is 11.7 Å². The van der Waals surface area contributed by atoms with E-state index < -0.39 is 12.4 Å². The zero-order valence-electron chi connectivity index (χ0n) is 33.6. The van der Waals surface area contributed by atoms with Crippen molar-refractivity contribution in [2.75, 3.05) is 20.2 Å². The van der Waals surface area contributed by atoms with Crippen LogP contribution in [-0.4, -0.2) is 66.5 Å². The standard InChI is InChI=1S/C32H37N8O3.C15H14.2H2/c1-6-24(7-2)34-20-39(5)31(38-37-30(41)23-16-17-23)40(18-21(3)35-36-22(4)33)32(42)43-19-29-27-14-10-8-12-25(27)26-13-9-11-15-28(26)29;1-2-11-12-7-3-5-9-14(12)15-10-6-4-8-13(11)15;;/h6,8-17,20,24,29,31,33,38H,1,3,7,18-19H2,2,4-5H3,(H,37,41);3-11H,2H2,1H3;2*1H. The monoisotopic (exact) mass is 779 g/mol. The van der Waals surface area contributed by atoms with E-state index in [2.05, 4.69) is 107 Å². The van der Waals surface area contributed by atoms with E-state index in [0.717, 1.165) is 28.7 Å². The number of rotatable bonds is 15. The molecule has 11 heteroatoms. The van der Waals surface area contributed by atoms with Gasteiger partial charge in [-0.25, -0.2) is 4.79 Å². The van der Waals surface area contributed by atoms with Gasteiger partial charge in [-0.3, -0.25) is 25.5 Å². The topological polar surface area (TPSA) is 135 Å². The molecule has 0 saturated carbocycles. The van der Waals surface area contributed by atoms with Crippen LogP contribution in [0.15, 0.2) is 149 Å². The summed E-state index contributed by atoms with van der Waals surface area (Å²) in [6.07, 6.45) is 6.95. The number of hydrazine groups is 1. The second-order valence-corrected chi connectivity index (χ2v) is 14.3. The van der Waals surface area contributed by atoms with Crippen molar-refractivity contribution in [2.24, 2.45) is 15.2 Å². The van der Waals surface area contributed by atoms with E-state index in [-0.39, 0.29) is 45.4 Å². The van der Waals surface area contributed by atoms with E-state index in [9.17, 15) is 9.59 Å². The molecule has 301 valence electrons. The quantitative estimate of drug-likeness (QED) is 0.0276. The molecule has 1 radical (unpaired) electrons. The van der Waals surface area contributed by atoms with Gasteiger partial charge in [-0.1, -0.05) is 130 Å². The Morgan fingerprint density at radius 1 is 0.862 bits per heavy atom. The highest BCUT2D eigenvalue weighted by Gasteiger charge is 2.33. The molecule has 3 N–H and O–H groups in total. The molecular formula is C47H55N8O3. The molecule has 0 saturated heterocycles. The summed E-state index contributed by atoms with van der Waals surface area (Å²) in [6.45, 7) is 13.5. The van der Waals surface area contributed by atoms with Crippen molar-refractivity contribution in [2.45, 2.75) is 57.8 Å². The Hall–Kier alpha value is -6.46. The van der Waals surface area contributed by atoms with Crippen LogP contribution in [-0.2, 0) is 9.53 Å². The summed E-state index contributed by atoms with van der Waals surface area (Å²) in [5.74, 6) is 0.0991. The van der Waals surface area contributed by atoms with Crippen LogP contribution in [0.2, 0.25) is 0 Å². The fourth-order valence-corrected chi connectivity index (χ4v) is 7.38. The van der Waals surface area contributed by atoms with Gasteiger partial charge < -0.3 is 9.64 Å². The summed E-state index contributed by atoms with van der Waals surface area (Å²) in [6, 6.07) is 33.6. The van der Waals surface area contributed by atoms with E-state index in [1.807, 2.05) is 43.3 Å². The molecule has 4 aromatic carbocycles. The highest BCUT2D eigenvalue weighted by Crippen LogP contribution is 2.46. The van der Waals surface area contributed by atoms with E-state index in [0.29, 0.717) is 11.5 Å². The SMILES string of the molecule is C=CC(CC)N=CN(C)C(NNC(=O)C1=C[CH]1)N(CC(=C)N=NC(C)=N)C(=O)OCC1c2ccccc2-c2ccccc21.CCC1c2ccccc2-c2ccccc21.[HH].[HH]. The van der Waals surface area contributed by atoms with Crippen LogP contribution in [0.1, 0.15) is 70.6 Å². The Bertz CT molecular complexity index is 2180. The lowest BCUT2D eigenvalue weighted by Gasteiger charge is -2.36. The maximum Gasteiger partial charge on any atom is 0.412 e. The van der Waals surface area contributed by atoms with Crippen molar-refractivity contribution in [3.63, 3.8) is 0 Å². The highest BCUT2D eigenvalue weighted by molar-refractivity contribution is 6.01. The molecule has 4 aromatic rings. The number of amides is 2. The molecule has 0 spiro atoms. The average molecular weight is 780 g/mol. The normalized spacial score (nSPS) is 14.5. The van der Waals surface area contributed by atoms with Crippen LogP contribution in [0.3, 0.4) is 0 Å². The third-order valence-electron chi connectivity index (χ3n) is 10.4. The van der Waals surface area contributed by atoms with Gasteiger partial charge in [0.15, 0.2) is 6.29 Å². The van der Waals surface area contributed by atoms with Gasteiger partial charge in [0, 0.05) is 33.7 Å². The number of ether oxygens (including phenoxy) is 1. The van der Waals surface area contributed by atoms with Gasteiger partial charge in [0.05, 0.1) is 24.6 Å². The molecule has 2 amide bonds. The maximum absolute atomic E-state index is 13.9. The second-order valence-electron chi connectivity index (χ2n) is 14.3. The van der Waals surface area contributed by atoms with E-state index in [1.165, 1.54) is 40.5 Å². The predicted molar refractivity (Wildman–Crippen MR) is 235 cm³/mol. The number of allylic oxidation sites excluding steroid dienone is 1. The number of benzene rings is 4. The number of hydrogen-bond donors (Lipinski definition) is 3. The number of carbonyl (C=O) groups is 2. The van der Waals surface area contributed by atoms with Gasteiger partial charge in [0.2, 0.25) is 0 Å². The molecule has 0 aromatic heterocycles. The molecular weight excluding hydrogens is 725 g/mol. The molecule has 58 heavy (non-hydrogen) atoms. The number of amidine groups is 1. The number of nitrogens with one attached hydrogen (secondary N) is 3. The van der Waals surface area contributed by atoms with E-state index in [1.54, 1.807) is 36.9 Å². The second kappa shape index (κ2) is 19.1. The largest absolute Gasteiger partial charge is 0.448 e. The Morgan fingerprint density at radius 3 is 1.81 bits per heavy atom. The van der Waals surface area contributed by atoms with Crippen LogP contribution in [0.4, 0.5) is 4.79 Å². The number of fused-ring (bicyclic) bond motifs is 6. The maximum atomic E-state index is 13.9. The fraction of sp³-hybridized carbons (Fsp3) is 0.255. The first-order chi connectivity index (χ1) is 28.1. The summed E-state index contributed by atoms with van der Waals surface area (Å²) in [4.78, 5) is 33.8. The molecule has 3 aliphatic rings. The summed E-state index contributed by atoms with van der Waals surface area (Å²) in [5.41, 5.74) is 16.6. The van der Waals surface area contributed by atoms with Gasteiger partial charge in [0.25, 0.3) is 5.91 Å². The smallest absolute Gasteiger partial charge is 0.412 e. The Morgan fingerprint density at radius 2 is 1.36 bits per heavy atom. The molecule has 0 bridgehead atoms. The van der Waals surface area contributed by atoms with Gasteiger partial charge in [-0.05, 0) is 64.3 Å². The van der Waals surface area contributed by atoms with Crippen molar-refractivity contribution in [1.82, 2.24) is 20.7 Å². The molecule has 0 fully saturated rings. The summed E-state index contributed by atoms with van der Waals surface area (Å²) in [7, 11) is 1.71. The van der Waals surface area contributed by atoms with Crippen LogP contribution in [0.25, 0.3) is 22.3 Å². The molecule has 2 atom stereocenters. The van der Waals surface area contributed by atoms with Crippen LogP contribution >= 0.6 is 0 Å². The summed E-state index contributed by atoms with van der Waals surface area (Å²) in [5, 5.41) is 15.3. The number of azo groups is 1. The van der Waals surface area contributed by atoms with Crippen LogP contribution in [0.5, 0.6) is 0 Å². The van der Waals surface area contributed by atoms with Crippen LogP contribution in [0, 0.1) is 11.8 Å². The highest BCUT2D eigenvalue weighted by atomic mass is 16.6. The fourth-order valence-electron chi connectivity index (χ4n) is 7.38.